The maximum absolute atomic E-state index is 12.2. The maximum atomic E-state index is 12.2. The molecule has 2 aromatic carbocycles. The van der Waals surface area contributed by atoms with E-state index in [0.29, 0.717) is 11.6 Å². The first-order valence-corrected chi connectivity index (χ1v) is 8.97. The zero-order valence-electron chi connectivity index (χ0n) is 13.4. The van der Waals surface area contributed by atoms with Crippen molar-refractivity contribution in [3.05, 3.63) is 64.7 Å². The zero-order chi connectivity index (χ0) is 17.5. The molecule has 1 atom stereocenters. The van der Waals surface area contributed by atoms with Crippen LogP contribution in [0, 0.1) is 0 Å². The van der Waals surface area contributed by atoms with Gasteiger partial charge in [-0.2, -0.15) is 0 Å². The number of hydrogen-bond acceptors (Lipinski definition) is 4. The molecule has 0 heterocycles. The van der Waals surface area contributed by atoms with E-state index in [1.54, 1.807) is 12.1 Å². The standard InChI is InChI=1S/C18H18ClNO3S/c1-12(17(21)20-11-13-6-4-3-5-7-13)23-18(22)15-10-14(24-2)8-9-16(15)19/h3-10,12H,11H2,1-2H3,(H,20,21)/t12-/m1/s1. The van der Waals surface area contributed by atoms with E-state index in [2.05, 4.69) is 5.32 Å². The summed E-state index contributed by atoms with van der Waals surface area (Å²) in [5.41, 5.74) is 1.23. The number of amides is 1. The van der Waals surface area contributed by atoms with Gasteiger partial charge in [-0.15, -0.1) is 11.8 Å². The molecule has 0 bridgehead atoms. The van der Waals surface area contributed by atoms with Gasteiger partial charge in [0.05, 0.1) is 10.6 Å². The summed E-state index contributed by atoms with van der Waals surface area (Å²) in [5, 5.41) is 3.04. The molecule has 0 saturated heterocycles. The van der Waals surface area contributed by atoms with Crippen LogP contribution in [0.2, 0.25) is 5.02 Å². The number of hydrogen-bond donors (Lipinski definition) is 1. The third-order valence-electron chi connectivity index (χ3n) is 3.36. The number of carbonyl (C=O) groups is 2. The Balaban J connectivity index is 1.94. The second-order valence-electron chi connectivity index (χ2n) is 5.10. The summed E-state index contributed by atoms with van der Waals surface area (Å²) in [5.74, 6) is -0.970. The number of benzene rings is 2. The fourth-order valence-electron chi connectivity index (χ4n) is 1.99. The summed E-state index contributed by atoms with van der Waals surface area (Å²) in [6.07, 6.45) is 0.994. The van der Waals surface area contributed by atoms with Gasteiger partial charge in [-0.25, -0.2) is 4.79 Å². The average Bonchev–Trinajstić information content (AvgIpc) is 2.60. The number of nitrogens with one attached hydrogen (secondary N) is 1. The number of esters is 1. The second-order valence-corrected chi connectivity index (χ2v) is 6.38. The summed E-state index contributed by atoms with van der Waals surface area (Å²) in [7, 11) is 0. The number of halogens is 1. The third kappa shape index (κ3) is 5.01. The molecule has 0 fully saturated rings. The highest BCUT2D eigenvalue weighted by Crippen LogP contribution is 2.24. The van der Waals surface area contributed by atoms with Gasteiger partial charge < -0.3 is 10.1 Å². The van der Waals surface area contributed by atoms with E-state index in [9.17, 15) is 9.59 Å². The summed E-state index contributed by atoms with van der Waals surface area (Å²) in [6, 6.07) is 14.6. The van der Waals surface area contributed by atoms with Crippen LogP contribution in [-0.4, -0.2) is 24.2 Å². The second kappa shape index (κ2) is 8.76. The Morgan fingerprint density at radius 2 is 1.92 bits per heavy atom. The minimum absolute atomic E-state index is 0.256. The first-order valence-electron chi connectivity index (χ1n) is 7.37. The van der Waals surface area contributed by atoms with E-state index in [1.165, 1.54) is 18.7 Å². The summed E-state index contributed by atoms with van der Waals surface area (Å²) >= 11 is 7.54. The number of carbonyl (C=O) groups excluding carboxylic acids is 2. The Morgan fingerprint density at radius 3 is 2.58 bits per heavy atom. The molecule has 0 spiro atoms. The number of rotatable bonds is 6. The predicted octanol–water partition coefficient (Wildman–Crippen LogP) is 3.92. The molecule has 0 aliphatic heterocycles. The average molecular weight is 364 g/mol. The molecular formula is C18H18ClNO3S. The van der Waals surface area contributed by atoms with Crippen molar-refractivity contribution in [3.8, 4) is 0 Å². The van der Waals surface area contributed by atoms with Crippen LogP contribution in [-0.2, 0) is 16.1 Å². The van der Waals surface area contributed by atoms with Crippen molar-refractivity contribution >= 4 is 35.2 Å². The van der Waals surface area contributed by atoms with Crippen molar-refractivity contribution < 1.29 is 14.3 Å². The van der Waals surface area contributed by atoms with Gasteiger partial charge >= 0.3 is 5.97 Å². The molecular weight excluding hydrogens is 346 g/mol. The quantitative estimate of drug-likeness (QED) is 0.624. The first kappa shape index (κ1) is 18.4. The molecule has 126 valence electrons. The Bertz CT molecular complexity index is 721. The molecule has 4 nitrogen and oxygen atoms in total. The number of thioether (sulfide) groups is 1. The Hall–Kier alpha value is -1.98. The molecule has 2 rings (SSSR count). The van der Waals surface area contributed by atoms with Gasteiger partial charge in [-0.3, -0.25) is 4.79 Å². The molecule has 0 aromatic heterocycles. The maximum Gasteiger partial charge on any atom is 0.340 e. The van der Waals surface area contributed by atoms with E-state index in [-0.39, 0.29) is 11.5 Å². The van der Waals surface area contributed by atoms with Crippen LogP contribution in [0.4, 0.5) is 0 Å². The van der Waals surface area contributed by atoms with Crippen LogP contribution in [0.5, 0.6) is 0 Å². The van der Waals surface area contributed by atoms with Gasteiger partial charge in [0, 0.05) is 11.4 Å². The molecule has 6 heteroatoms. The largest absolute Gasteiger partial charge is 0.449 e. The van der Waals surface area contributed by atoms with Gasteiger partial charge in [-0.1, -0.05) is 41.9 Å². The predicted molar refractivity (Wildman–Crippen MR) is 96.4 cm³/mol. The fraction of sp³-hybridized carbons (Fsp3) is 0.222. The minimum Gasteiger partial charge on any atom is -0.449 e. The summed E-state index contributed by atoms with van der Waals surface area (Å²) < 4.78 is 5.22. The van der Waals surface area contributed by atoms with Crippen LogP contribution < -0.4 is 5.32 Å². The molecule has 0 aliphatic carbocycles. The normalized spacial score (nSPS) is 11.6. The highest BCUT2D eigenvalue weighted by molar-refractivity contribution is 7.98. The molecule has 1 amide bonds. The molecule has 0 aliphatic rings. The van der Waals surface area contributed by atoms with Crippen molar-refractivity contribution in [3.63, 3.8) is 0 Å². The minimum atomic E-state index is -0.907. The van der Waals surface area contributed by atoms with Crippen LogP contribution >= 0.6 is 23.4 Å². The van der Waals surface area contributed by atoms with Gasteiger partial charge in [0.15, 0.2) is 6.10 Å². The Labute approximate surface area is 150 Å². The van der Waals surface area contributed by atoms with Crippen molar-refractivity contribution in [2.45, 2.75) is 24.5 Å². The summed E-state index contributed by atoms with van der Waals surface area (Å²) in [4.78, 5) is 25.2. The monoisotopic (exact) mass is 363 g/mol. The van der Waals surface area contributed by atoms with Crippen LogP contribution in [0.1, 0.15) is 22.8 Å². The topological polar surface area (TPSA) is 55.4 Å². The van der Waals surface area contributed by atoms with Crippen molar-refractivity contribution in [2.75, 3.05) is 6.26 Å². The van der Waals surface area contributed by atoms with E-state index in [4.69, 9.17) is 16.3 Å². The first-order chi connectivity index (χ1) is 11.5. The highest BCUT2D eigenvalue weighted by Gasteiger charge is 2.20. The molecule has 0 radical (unpaired) electrons. The lowest BCUT2D eigenvalue weighted by Gasteiger charge is -2.14. The zero-order valence-corrected chi connectivity index (χ0v) is 15.0. The van der Waals surface area contributed by atoms with Gasteiger partial charge in [0.25, 0.3) is 5.91 Å². The van der Waals surface area contributed by atoms with Crippen molar-refractivity contribution in [1.29, 1.82) is 0 Å². The van der Waals surface area contributed by atoms with E-state index in [1.807, 2.05) is 42.7 Å². The van der Waals surface area contributed by atoms with Gasteiger partial charge in [0.1, 0.15) is 0 Å². The molecule has 24 heavy (non-hydrogen) atoms. The Morgan fingerprint density at radius 1 is 1.21 bits per heavy atom. The molecule has 0 saturated carbocycles. The van der Waals surface area contributed by atoms with Crippen LogP contribution in [0.25, 0.3) is 0 Å². The van der Waals surface area contributed by atoms with Crippen LogP contribution in [0.15, 0.2) is 53.4 Å². The molecule has 2 aromatic rings. The summed E-state index contributed by atoms with van der Waals surface area (Å²) in [6.45, 7) is 1.91. The SMILES string of the molecule is CSc1ccc(Cl)c(C(=O)O[C@H](C)C(=O)NCc2ccccc2)c1. The lowest BCUT2D eigenvalue weighted by atomic mass is 10.2. The van der Waals surface area contributed by atoms with Crippen molar-refractivity contribution in [2.24, 2.45) is 0 Å². The van der Waals surface area contributed by atoms with Crippen LogP contribution in [0.3, 0.4) is 0 Å². The van der Waals surface area contributed by atoms with E-state index < -0.39 is 12.1 Å². The van der Waals surface area contributed by atoms with Gasteiger partial charge in [0.2, 0.25) is 0 Å². The fourth-order valence-corrected chi connectivity index (χ4v) is 2.63. The lowest BCUT2D eigenvalue weighted by molar-refractivity contribution is -0.129. The van der Waals surface area contributed by atoms with Gasteiger partial charge in [-0.05, 0) is 36.9 Å². The number of ether oxygens (including phenoxy) is 1. The smallest absolute Gasteiger partial charge is 0.340 e. The lowest BCUT2D eigenvalue weighted by Crippen LogP contribution is -2.35. The Kier molecular flexibility index (Phi) is 6.70. The molecule has 1 N–H and O–H groups in total. The van der Waals surface area contributed by atoms with E-state index in [0.717, 1.165) is 10.5 Å². The third-order valence-corrected chi connectivity index (χ3v) is 4.41. The van der Waals surface area contributed by atoms with Crippen molar-refractivity contribution in [1.82, 2.24) is 5.32 Å². The van der Waals surface area contributed by atoms with E-state index >= 15 is 0 Å². The highest BCUT2D eigenvalue weighted by atomic mass is 35.5. The molecule has 0 unspecified atom stereocenters.